The Morgan fingerprint density at radius 1 is 1.15 bits per heavy atom. The molecule has 0 aromatic heterocycles. The topological polar surface area (TPSA) is 67.9 Å². The minimum Gasteiger partial charge on any atom is -0.455 e. The van der Waals surface area contributed by atoms with E-state index in [1.54, 1.807) is 0 Å². The molecular weight excluding hydrogens is 517 g/mol. The number of hydrogen-bond donors (Lipinski definition) is 1. The minimum absolute atomic E-state index is 0.0244. The lowest BCUT2D eigenvalue weighted by Crippen LogP contribution is -2.56. The van der Waals surface area contributed by atoms with Crippen molar-refractivity contribution >= 4 is 39.2 Å². The third kappa shape index (κ3) is 4.67. The lowest BCUT2D eigenvalue weighted by molar-refractivity contribution is -0.170. The number of halogens is 4. The quantitative estimate of drug-likeness (QED) is 0.427. The van der Waals surface area contributed by atoms with Gasteiger partial charge in [0.25, 0.3) is 5.91 Å². The molecule has 1 amide bonds. The van der Waals surface area contributed by atoms with E-state index < -0.39 is 29.7 Å². The van der Waals surface area contributed by atoms with Crippen LogP contribution in [-0.4, -0.2) is 49.1 Å². The first-order chi connectivity index (χ1) is 16.1. The van der Waals surface area contributed by atoms with Gasteiger partial charge in [-0.1, -0.05) is 15.9 Å². The van der Waals surface area contributed by atoms with Crippen LogP contribution in [-0.2, 0) is 25.2 Å². The molecule has 0 unspecified atom stereocenters. The van der Waals surface area contributed by atoms with Crippen LogP contribution >= 0.6 is 15.9 Å². The molecule has 0 radical (unpaired) electrons. The number of carbonyl (C=O) groups is 2. The second-order valence-corrected chi connectivity index (χ2v) is 12.0. The van der Waals surface area contributed by atoms with Gasteiger partial charge in [0.2, 0.25) is 0 Å². The highest BCUT2D eigenvalue weighted by Gasteiger charge is 2.60. The molecular formula is C24H28BrF3N2O4. The van der Waals surface area contributed by atoms with E-state index in [1.807, 2.05) is 4.90 Å². The number of hydrogen-bond acceptors (Lipinski definition) is 5. The van der Waals surface area contributed by atoms with Gasteiger partial charge in [-0.15, -0.1) is 0 Å². The van der Waals surface area contributed by atoms with Gasteiger partial charge in [-0.25, -0.2) is 0 Å². The minimum atomic E-state index is -4.54. The average Bonchev–Trinajstić information content (AvgIpc) is 2.75. The molecule has 4 bridgehead atoms. The lowest BCUT2D eigenvalue weighted by Gasteiger charge is -2.58. The summed E-state index contributed by atoms with van der Waals surface area (Å²) in [6, 6.07) is 3.29. The largest absolute Gasteiger partial charge is 0.455 e. The molecule has 6 nitrogen and oxygen atoms in total. The molecule has 1 heterocycles. The molecule has 0 spiro atoms. The maximum Gasteiger partial charge on any atom is 0.416 e. The van der Waals surface area contributed by atoms with Crippen LogP contribution in [0, 0.1) is 17.3 Å². The third-order valence-corrected chi connectivity index (χ3v) is 8.63. The van der Waals surface area contributed by atoms with E-state index in [2.05, 4.69) is 21.2 Å². The number of benzene rings is 1. The maximum absolute atomic E-state index is 13.3. The van der Waals surface area contributed by atoms with Crippen LogP contribution in [0.5, 0.6) is 0 Å². The average molecular weight is 545 g/mol. The highest BCUT2D eigenvalue weighted by atomic mass is 79.9. The summed E-state index contributed by atoms with van der Waals surface area (Å²) in [5.74, 6) is -0.0372. The fraction of sp³-hybridized carbons (Fsp3) is 0.667. The van der Waals surface area contributed by atoms with E-state index in [-0.39, 0.29) is 16.0 Å². The Morgan fingerprint density at radius 3 is 2.44 bits per heavy atom. The molecule has 1 aromatic rings. The van der Waals surface area contributed by atoms with Crippen LogP contribution in [0.25, 0.3) is 0 Å². The molecule has 186 valence electrons. The number of nitrogens with zero attached hydrogens (tertiary/aromatic N) is 1. The van der Waals surface area contributed by atoms with Gasteiger partial charge in [0.15, 0.2) is 6.61 Å². The summed E-state index contributed by atoms with van der Waals surface area (Å²) in [5, 5.41) is 2.55. The molecule has 34 heavy (non-hydrogen) atoms. The summed E-state index contributed by atoms with van der Waals surface area (Å²) in [6.45, 7) is 1.38. The molecule has 1 aliphatic heterocycles. The van der Waals surface area contributed by atoms with Gasteiger partial charge in [-0.2, -0.15) is 13.2 Å². The van der Waals surface area contributed by atoms with Gasteiger partial charge in [-0.3, -0.25) is 9.59 Å². The predicted molar refractivity (Wildman–Crippen MR) is 123 cm³/mol. The number of anilines is 2. The van der Waals surface area contributed by atoms with Crippen molar-refractivity contribution in [1.29, 1.82) is 0 Å². The van der Waals surface area contributed by atoms with Crippen molar-refractivity contribution in [2.75, 3.05) is 43.1 Å². The predicted octanol–water partition coefficient (Wildman–Crippen LogP) is 4.76. The zero-order chi connectivity index (χ0) is 24.1. The van der Waals surface area contributed by atoms with E-state index in [1.165, 1.54) is 6.07 Å². The summed E-state index contributed by atoms with van der Waals surface area (Å²) in [6.07, 6.45) is 1.01. The standard InChI is InChI=1S/C24H28BrF3N2O4/c25-23-11-15-7-16(12-23)10-22(9-15,14-23)21(32)34-13-20(31)29-18-8-17(24(26,27)28)1-2-19(18)30-3-5-33-6-4-30/h1-2,8,15-16H,3-7,9-14H2,(H,29,31)/t15-,16-,22?,23?/m0/s1. The van der Waals surface area contributed by atoms with Gasteiger partial charge in [0.05, 0.1) is 35.6 Å². The summed E-state index contributed by atoms with van der Waals surface area (Å²) in [5.41, 5.74) is -0.887. The van der Waals surface area contributed by atoms with Crippen LogP contribution in [0.15, 0.2) is 18.2 Å². The molecule has 5 fully saturated rings. The van der Waals surface area contributed by atoms with Crippen LogP contribution in [0.2, 0.25) is 0 Å². The second kappa shape index (κ2) is 8.69. The first-order valence-corrected chi connectivity index (χ1v) is 12.5. The van der Waals surface area contributed by atoms with E-state index in [0.29, 0.717) is 50.2 Å². The Hall–Kier alpha value is -1.81. The van der Waals surface area contributed by atoms with Crippen molar-refractivity contribution in [3.8, 4) is 0 Å². The molecule has 4 aliphatic carbocycles. The van der Waals surface area contributed by atoms with E-state index in [0.717, 1.165) is 44.2 Å². The Kier molecular flexibility index (Phi) is 6.11. The Labute approximate surface area is 204 Å². The van der Waals surface area contributed by atoms with Crippen molar-refractivity contribution in [3.05, 3.63) is 23.8 Å². The molecule has 4 saturated carbocycles. The van der Waals surface area contributed by atoms with Crippen molar-refractivity contribution in [1.82, 2.24) is 0 Å². The normalized spacial score (nSPS) is 32.5. The number of rotatable bonds is 5. The number of morpholine rings is 1. The molecule has 1 saturated heterocycles. The number of ether oxygens (including phenoxy) is 2. The molecule has 1 aromatic carbocycles. The summed E-state index contributed by atoms with van der Waals surface area (Å²) < 4.78 is 50.7. The van der Waals surface area contributed by atoms with E-state index in [9.17, 15) is 22.8 Å². The number of esters is 1. The fourth-order valence-corrected chi connectivity index (χ4v) is 8.20. The van der Waals surface area contributed by atoms with Crippen LogP contribution in [0.4, 0.5) is 24.5 Å². The second-order valence-electron chi connectivity index (χ2n) is 10.3. The monoisotopic (exact) mass is 544 g/mol. The van der Waals surface area contributed by atoms with Crippen molar-refractivity contribution in [2.45, 2.75) is 49.0 Å². The Balaban J connectivity index is 1.27. The van der Waals surface area contributed by atoms with Gasteiger partial charge in [0.1, 0.15) is 0 Å². The molecule has 10 heteroatoms. The van der Waals surface area contributed by atoms with Crippen molar-refractivity contribution < 1.29 is 32.2 Å². The van der Waals surface area contributed by atoms with Gasteiger partial charge in [0, 0.05) is 17.4 Å². The lowest BCUT2D eigenvalue weighted by atomic mass is 9.49. The van der Waals surface area contributed by atoms with Gasteiger partial charge >= 0.3 is 12.1 Å². The molecule has 2 atom stereocenters. The molecule has 5 aliphatic rings. The Bertz CT molecular complexity index is 965. The first kappa shape index (κ1) is 23.9. The number of nitrogens with one attached hydrogen (secondary N) is 1. The SMILES string of the molecule is O=C(COC(=O)C12C[C@@H]3C[C@H](CC(Br)(C3)C1)C2)Nc1cc(C(F)(F)F)ccc1N1CCOCC1. The smallest absolute Gasteiger partial charge is 0.416 e. The molecule has 6 rings (SSSR count). The molecule has 1 N–H and O–H groups in total. The van der Waals surface area contributed by atoms with Crippen LogP contribution in [0.3, 0.4) is 0 Å². The van der Waals surface area contributed by atoms with E-state index >= 15 is 0 Å². The highest BCUT2D eigenvalue weighted by molar-refractivity contribution is 9.10. The Morgan fingerprint density at radius 2 is 1.82 bits per heavy atom. The number of amides is 1. The maximum atomic E-state index is 13.3. The fourth-order valence-electron chi connectivity index (χ4n) is 6.75. The zero-order valence-electron chi connectivity index (χ0n) is 18.8. The van der Waals surface area contributed by atoms with Crippen molar-refractivity contribution in [3.63, 3.8) is 0 Å². The highest BCUT2D eigenvalue weighted by Crippen LogP contribution is 2.64. The van der Waals surface area contributed by atoms with Crippen LogP contribution in [0.1, 0.15) is 44.1 Å². The van der Waals surface area contributed by atoms with Crippen LogP contribution < -0.4 is 10.2 Å². The summed E-state index contributed by atoms with van der Waals surface area (Å²) in [4.78, 5) is 27.7. The first-order valence-electron chi connectivity index (χ1n) is 11.8. The number of carbonyl (C=O) groups excluding carboxylic acids is 2. The van der Waals surface area contributed by atoms with E-state index in [4.69, 9.17) is 9.47 Å². The van der Waals surface area contributed by atoms with Gasteiger partial charge in [-0.05, 0) is 68.6 Å². The zero-order valence-corrected chi connectivity index (χ0v) is 20.3. The summed E-state index contributed by atoms with van der Waals surface area (Å²) >= 11 is 3.86. The third-order valence-electron chi connectivity index (χ3n) is 7.71. The summed E-state index contributed by atoms with van der Waals surface area (Å²) in [7, 11) is 0. The van der Waals surface area contributed by atoms with Crippen molar-refractivity contribution in [2.24, 2.45) is 17.3 Å². The van der Waals surface area contributed by atoms with Gasteiger partial charge < -0.3 is 19.7 Å². The number of alkyl halides is 4.